The molecule has 3 rings (SSSR count). The normalized spacial score (nSPS) is 11.7. The van der Waals surface area contributed by atoms with E-state index in [0.717, 1.165) is 33.2 Å². The van der Waals surface area contributed by atoms with Crippen LogP contribution in [0.4, 0.5) is 5.69 Å². The average molecular weight is 418 g/mol. The SMILES string of the molecule is CCOc1c(/C(C)=C/C(=O)Nc2cc(Cl)ccc2Cl)cc2c(C)coc2c1C. The van der Waals surface area contributed by atoms with Gasteiger partial charge in [0.05, 0.1) is 23.6 Å². The Bertz CT molecular complexity index is 1080. The van der Waals surface area contributed by atoms with E-state index in [1.54, 1.807) is 24.5 Å². The zero-order valence-electron chi connectivity index (χ0n) is 16.2. The smallest absolute Gasteiger partial charge is 0.248 e. The summed E-state index contributed by atoms with van der Waals surface area (Å²) in [5, 5.41) is 4.69. The molecule has 6 heteroatoms. The number of carbonyl (C=O) groups is 1. The van der Waals surface area contributed by atoms with Crippen molar-refractivity contribution in [2.24, 2.45) is 0 Å². The molecule has 0 aliphatic heterocycles. The Morgan fingerprint density at radius 2 is 2.00 bits per heavy atom. The van der Waals surface area contributed by atoms with E-state index < -0.39 is 0 Å². The van der Waals surface area contributed by atoms with E-state index in [0.29, 0.717) is 28.1 Å². The quantitative estimate of drug-likeness (QED) is 0.464. The maximum atomic E-state index is 12.5. The molecule has 1 N–H and O–H groups in total. The summed E-state index contributed by atoms with van der Waals surface area (Å²) >= 11 is 12.1. The van der Waals surface area contributed by atoms with Gasteiger partial charge in [0.15, 0.2) is 0 Å². The summed E-state index contributed by atoms with van der Waals surface area (Å²) < 4.78 is 11.5. The molecule has 1 heterocycles. The van der Waals surface area contributed by atoms with Crippen LogP contribution in [0.2, 0.25) is 10.0 Å². The standard InChI is InChI=1S/C22H21Cl2NO3/c1-5-27-21-14(4)22-17(13(3)11-28-22)10-16(21)12(2)8-20(26)25-19-9-15(23)6-7-18(19)24/h6-11H,5H2,1-4H3,(H,25,26)/b12-8+. The van der Waals surface area contributed by atoms with Crippen molar-refractivity contribution in [3.63, 3.8) is 0 Å². The fourth-order valence-electron chi connectivity index (χ4n) is 3.10. The highest BCUT2D eigenvalue weighted by Gasteiger charge is 2.17. The number of allylic oxidation sites excluding steroid dienone is 1. The lowest BCUT2D eigenvalue weighted by molar-refractivity contribution is -0.111. The molecule has 0 unspecified atom stereocenters. The van der Waals surface area contributed by atoms with Crippen molar-refractivity contribution in [3.05, 3.63) is 63.3 Å². The van der Waals surface area contributed by atoms with Crippen molar-refractivity contribution in [2.75, 3.05) is 11.9 Å². The predicted octanol–water partition coefficient (Wildman–Crippen LogP) is 6.80. The largest absolute Gasteiger partial charge is 0.493 e. The molecule has 0 fully saturated rings. The Morgan fingerprint density at radius 3 is 2.71 bits per heavy atom. The van der Waals surface area contributed by atoms with Crippen molar-refractivity contribution >= 4 is 51.3 Å². The van der Waals surface area contributed by atoms with E-state index >= 15 is 0 Å². The van der Waals surface area contributed by atoms with Gasteiger partial charge in [-0.2, -0.15) is 0 Å². The van der Waals surface area contributed by atoms with Gasteiger partial charge in [-0.1, -0.05) is 23.2 Å². The minimum absolute atomic E-state index is 0.300. The number of halogens is 2. The highest BCUT2D eigenvalue weighted by molar-refractivity contribution is 6.35. The van der Waals surface area contributed by atoms with Crippen LogP contribution in [0.25, 0.3) is 16.5 Å². The van der Waals surface area contributed by atoms with E-state index in [1.807, 2.05) is 33.8 Å². The predicted molar refractivity (Wildman–Crippen MR) is 116 cm³/mol. The molecule has 28 heavy (non-hydrogen) atoms. The zero-order valence-corrected chi connectivity index (χ0v) is 17.7. The highest BCUT2D eigenvalue weighted by atomic mass is 35.5. The van der Waals surface area contributed by atoms with Crippen LogP contribution in [0, 0.1) is 13.8 Å². The minimum Gasteiger partial charge on any atom is -0.493 e. The molecule has 0 atom stereocenters. The molecule has 146 valence electrons. The van der Waals surface area contributed by atoms with Crippen LogP contribution in [0.5, 0.6) is 5.75 Å². The van der Waals surface area contributed by atoms with Crippen LogP contribution in [0.1, 0.15) is 30.5 Å². The molecule has 1 amide bonds. The molecule has 0 saturated heterocycles. The number of furan rings is 1. The summed E-state index contributed by atoms with van der Waals surface area (Å²) in [4.78, 5) is 12.5. The highest BCUT2D eigenvalue weighted by Crippen LogP contribution is 2.37. The summed E-state index contributed by atoms with van der Waals surface area (Å²) in [6.45, 7) is 8.25. The third-order valence-corrected chi connectivity index (χ3v) is 5.05. The van der Waals surface area contributed by atoms with Crippen LogP contribution in [-0.4, -0.2) is 12.5 Å². The lowest BCUT2D eigenvalue weighted by atomic mass is 9.98. The molecule has 0 aliphatic carbocycles. The fraction of sp³-hybridized carbons (Fsp3) is 0.227. The third-order valence-electron chi connectivity index (χ3n) is 4.48. The fourth-order valence-corrected chi connectivity index (χ4v) is 3.43. The molecule has 0 aliphatic rings. The molecule has 0 saturated carbocycles. The van der Waals surface area contributed by atoms with E-state index in [1.165, 1.54) is 6.08 Å². The Kier molecular flexibility index (Phi) is 6.01. The van der Waals surface area contributed by atoms with E-state index in [4.69, 9.17) is 32.4 Å². The molecule has 4 nitrogen and oxygen atoms in total. The second kappa shape index (κ2) is 8.29. The summed E-state index contributed by atoms with van der Waals surface area (Å²) in [6, 6.07) is 6.92. The summed E-state index contributed by atoms with van der Waals surface area (Å²) in [5.74, 6) is 0.414. The van der Waals surface area contributed by atoms with Gasteiger partial charge in [-0.3, -0.25) is 4.79 Å². The summed E-state index contributed by atoms with van der Waals surface area (Å²) in [7, 11) is 0. The topological polar surface area (TPSA) is 51.5 Å². The molecule has 2 aromatic carbocycles. The number of carbonyl (C=O) groups excluding carboxylic acids is 1. The van der Waals surface area contributed by atoms with Crippen molar-refractivity contribution in [2.45, 2.75) is 27.7 Å². The first-order valence-corrected chi connectivity index (χ1v) is 9.66. The average Bonchev–Trinajstić information content (AvgIpc) is 3.01. The Labute approximate surface area is 174 Å². The van der Waals surface area contributed by atoms with Crippen LogP contribution in [0.15, 0.2) is 41.0 Å². The molecule has 0 bridgehead atoms. The lowest BCUT2D eigenvalue weighted by Gasteiger charge is -2.14. The van der Waals surface area contributed by atoms with Gasteiger partial charge in [0.1, 0.15) is 11.3 Å². The van der Waals surface area contributed by atoms with Gasteiger partial charge in [0, 0.05) is 27.6 Å². The number of benzene rings is 2. The number of fused-ring (bicyclic) bond motifs is 1. The molecular weight excluding hydrogens is 397 g/mol. The van der Waals surface area contributed by atoms with Crippen LogP contribution < -0.4 is 10.1 Å². The Balaban J connectivity index is 2.00. The van der Waals surface area contributed by atoms with Crippen molar-refractivity contribution in [3.8, 4) is 5.75 Å². The Morgan fingerprint density at radius 1 is 1.25 bits per heavy atom. The Hall–Kier alpha value is -2.43. The third kappa shape index (κ3) is 4.03. The first kappa shape index (κ1) is 20.3. The molecule has 3 aromatic rings. The number of nitrogens with one attached hydrogen (secondary N) is 1. The van der Waals surface area contributed by atoms with Crippen LogP contribution in [-0.2, 0) is 4.79 Å². The minimum atomic E-state index is -0.300. The van der Waals surface area contributed by atoms with Crippen LogP contribution in [0.3, 0.4) is 0 Å². The van der Waals surface area contributed by atoms with Gasteiger partial charge in [-0.05, 0) is 63.1 Å². The lowest BCUT2D eigenvalue weighted by Crippen LogP contribution is -2.09. The zero-order chi connectivity index (χ0) is 20.4. The number of rotatable bonds is 5. The number of hydrogen-bond acceptors (Lipinski definition) is 3. The second-order valence-electron chi connectivity index (χ2n) is 6.55. The maximum absolute atomic E-state index is 12.5. The van der Waals surface area contributed by atoms with Crippen LogP contribution >= 0.6 is 23.2 Å². The van der Waals surface area contributed by atoms with Crippen molar-refractivity contribution < 1.29 is 13.9 Å². The summed E-state index contributed by atoms with van der Waals surface area (Å²) in [5.41, 5.74) is 4.82. The summed E-state index contributed by atoms with van der Waals surface area (Å²) in [6.07, 6.45) is 3.25. The first-order valence-electron chi connectivity index (χ1n) is 8.90. The number of anilines is 1. The monoisotopic (exact) mass is 417 g/mol. The van der Waals surface area contributed by atoms with E-state index in [2.05, 4.69) is 5.32 Å². The molecular formula is C22H21Cl2NO3. The van der Waals surface area contributed by atoms with Gasteiger partial charge >= 0.3 is 0 Å². The maximum Gasteiger partial charge on any atom is 0.248 e. The van der Waals surface area contributed by atoms with Gasteiger partial charge in [-0.15, -0.1) is 0 Å². The van der Waals surface area contributed by atoms with E-state index in [9.17, 15) is 4.79 Å². The molecule has 0 spiro atoms. The number of amides is 1. The van der Waals surface area contributed by atoms with Crippen molar-refractivity contribution in [1.29, 1.82) is 0 Å². The van der Waals surface area contributed by atoms with Gasteiger partial charge in [-0.25, -0.2) is 0 Å². The van der Waals surface area contributed by atoms with E-state index in [-0.39, 0.29) is 5.91 Å². The number of ether oxygens (including phenoxy) is 1. The number of aryl methyl sites for hydroxylation is 2. The molecule has 0 radical (unpaired) electrons. The van der Waals surface area contributed by atoms with Gasteiger partial charge in [0.25, 0.3) is 0 Å². The van der Waals surface area contributed by atoms with Crippen molar-refractivity contribution in [1.82, 2.24) is 0 Å². The van der Waals surface area contributed by atoms with Gasteiger partial charge in [0.2, 0.25) is 5.91 Å². The first-order chi connectivity index (χ1) is 13.3. The molecule has 1 aromatic heterocycles. The second-order valence-corrected chi connectivity index (χ2v) is 7.39. The van der Waals surface area contributed by atoms with Gasteiger partial charge < -0.3 is 14.5 Å². The number of hydrogen-bond donors (Lipinski definition) is 1.